The highest BCUT2D eigenvalue weighted by Crippen LogP contribution is 2.17. The predicted octanol–water partition coefficient (Wildman–Crippen LogP) is 3.59. The number of aromatic nitrogens is 2. The number of ether oxygens (including phenoxy) is 1. The van der Waals surface area contributed by atoms with Crippen molar-refractivity contribution in [3.63, 3.8) is 0 Å². The van der Waals surface area contributed by atoms with Gasteiger partial charge in [-0.1, -0.05) is 30.3 Å². The molecular formula is C21H22N4O2. The Labute approximate surface area is 158 Å². The molecule has 0 aliphatic heterocycles. The van der Waals surface area contributed by atoms with Gasteiger partial charge >= 0.3 is 0 Å². The summed E-state index contributed by atoms with van der Waals surface area (Å²) in [6.45, 7) is 0.596. The molecule has 0 saturated heterocycles. The molecule has 0 radical (unpaired) electrons. The van der Waals surface area contributed by atoms with Crippen LogP contribution >= 0.6 is 0 Å². The summed E-state index contributed by atoms with van der Waals surface area (Å²) in [5.41, 5.74) is 2.41. The van der Waals surface area contributed by atoms with E-state index in [0.29, 0.717) is 18.2 Å². The van der Waals surface area contributed by atoms with Gasteiger partial charge in [0.05, 0.1) is 7.11 Å². The van der Waals surface area contributed by atoms with Crippen molar-refractivity contribution < 1.29 is 9.53 Å². The first-order valence-electron chi connectivity index (χ1n) is 8.81. The number of nitrogens with one attached hydrogen (secondary N) is 2. The number of anilines is 2. The zero-order chi connectivity index (χ0) is 18.9. The lowest BCUT2D eigenvalue weighted by molar-refractivity contribution is 0.0948. The molecule has 1 aromatic heterocycles. The lowest BCUT2D eigenvalue weighted by Crippen LogP contribution is -2.26. The Morgan fingerprint density at radius 3 is 2.56 bits per heavy atom. The Balaban J connectivity index is 1.51. The molecule has 0 unspecified atom stereocenters. The van der Waals surface area contributed by atoms with E-state index in [-0.39, 0.29) is 5.91 Å². The lowest BCUT2D eigenvalue weighted by atomic mass is 10.1. The van der Waals surface area contributed by atoms with Crippen LogP contribution in [0, 0.1) is 0 Å². The number of benzene rings is 2. The second-order valence-corrected chi connectivity index (χ2v) is 5.96. The van der Waals surface area contributed by atoms with Gasteiger partial charge < -0.3 is 15.4 Å². The minimum Gasteiger partial charge on any atom is -0.497 e. The van der Waals surface area contributed by atoms with E-state index in [0.717, 1.165) is 24.3 Å². The molecule has 1 heterocycles. The molecule has 3 aromatic rings. The van der Waals surface area contributed by atoms with Gasteiger partial charge in [0.25, 0.3) is 5.91 Å². The molecule has 0 saturated carbocycles. The van der Waals surface area contributed by atoms with E-state index in [4.69, 9.17) is 4.74 Å². The maximum Gasteiger partial charge on any atom is 0.270 e. The van der Waals surface area contributed by atoms with E-state index in [1.807, 2.05) is 42.5 Å². The number of carbonyl (C=O) groups excluding carboxylic acids is 1. The highest BCUT2D eigenvalue weighted by Gasteiger charge is 2.08. The third-order valence-electron chi connectivity index (χ3n) is 4.00. The molecule has 3 rings (SSSR count). The third kappa shape index (κ3) is 5.54. The number of hydrogen-bond donors (Lipinski definition) is 2. The van der Waals surface area contributed by atoms with E-state index < -0.39 is 0 Å². The Morgan fingerprint density at radius 1 is 1.04 bits per heavy atom. The minimum absolute atomic E-state index is 0.205. The fraction of sp³-hybridized carbons (Fsp3) is 0.190. The van der Waals surface area contributed by atoms with Crippen LogP contribution in [0.1, 0.15) is 22.5 Å². The maximum atomic E-state index is 12.3. The molecule has 0 bridgehead atoms. The summed E-state index contributed by atoms with van der Waals surface area (Å²) in [7, 11) is 1.62. The molecular weight excluding hydrogens is 340 g/mol. The topological polar surface area (TPSA) is 76.1 Å². The van der Waals surface area contributed by atoms with Crippen LogP contribution in [0.5, 0.6) is 5.75 Å². The number of amides is 1. The molecule has 2 aromatic carbocycles. The summed E-state index contributed by atoms with van der Waals surface area (Å²) in [6.07, 6.45) is 3.37. The zero-order valence-corrected chi connectivity index (χ0v) is 15.2. The van der Waals surface area contributed by atoms with Crippen molar-refractivity contribution in [1.29, 1.82) is 0 Å². The van der Waals surface area contributed by atoms with Crippen LogP contribution < -0.4 is 15.4 Å². The maximum absolute atomic E-state index is 12.3. The Hall–Kier alpha value is -3.41. The molecule has 1 amide bonds. The second kappa shape index (κ2) is 9.33. The van der Waals surface area contributed by atoms with Crippen molar-refractivity contribution >= 4 is 17.5 Å². The minimum atomic E-state index is -0.205. The summed E-state index contributed by atoms with van der Waals surface area (Å²) >= 11 is 0. The van der Waals surface area contributed by atoms with Gasteiger partial charge in [-0.05, 0) is 48.7 Å². The first kappa shape index (κ1) is 18.4. The molecule has 0 aliphatic rings. The van der Waals surface area contributed by atoms with Gasteiger partial charge in [-0.2, -0.15) is 0 Å². The quantitative estimate of drug-likeness (QED) is 0.599. The molecule has 6 nitrogen and oxygen atoms in total. The van der Waals surface area contributed by atoms with E-state index >= 15 is 0 Å². The molecule has 138 valence electrons. The number of carbonyl (C=O) groups is 1. The van der Waals surface area contributed by atoms with Crippen molar-refractivity contribution in [3.05, 3.63) is 78.1 Å². The Morgan fingerprint density at radius 2 is 1.81 bits per heavy atom. The largest absolute Gasteiger partial charge is 0.497 e. The van der Waals surface area contributed by atoms with Crippen LogP contribution in [0.25, 0.3) is 0 Å². The van der Waals surface area contributed by atoms with E-state index in [1.165, 1.54) is 5.56 Å². The first-order valence-corrected chi connectivity index (χ1v) is 8.81. The van der Waals surface area contributed by atoms with Gasteiger partial charge in [-0.25, -0.2) is 9.97 Å². The normalized spacial score (nSPS) is 10.3. The monoisotopic (exact) mass is 362 g/mol. The molecule has 0 fully saturated rings. The number of aryl methyl sites for hydroxylation is 1. The SMILES string of the molecule is COc1ccc(Nc2nccc(C(=O)NCCCc3ccccc3)n2)cc1. The predicted molar refractivity (Wildman–Crippen MR) is 105 cm³/mol. The second-order valence-electron chi connectivity index (χ2n) is 5.96. The molecule has 27 heavy (non-hydrogen) atoms. The van der Waals surface area contributed by atoms with Crippen molar-refractivity contribution in [3.8, 4) is 5.75 Å². The van der Waals surface area contributed by atoms with E-state index in [9.17, 15) is 4.79 Å². The number of hydrogen-bond acceptors (Lipinski definition) is 5. The summed E-state index contributed by atoms with van der Waals surface area (Å²) in [5, 5.41) is 5.98. The van der Waals surface area contributed by atoms with Gasteiger partial charge in [0, 0.05) is 18.4 Å². The number of rotatable bonds is 8. The average molecular weight is 362 g/mol. The summed E-state index contributed by atoms with van der Waals surface area (Å²) in [5.74, 6) is 0.936. The number of methoxy groups -OCH3 is 1. The van der Waals surface area contributed by atoms with Gasteiger partial charge in [0.15, 0.2) is 0 Å². The first-order chi connectivity index (χ1) is 13.2. The molecule has 0 atom stereocenters. The van der Waals surface area contributed by atoms with Crippen molar-refractivity contribution in [1.82, 2.24) is 15.3 Å². The van der Waals surface area contributed by atoms with Crippen LogP contribution in [0.15, 0.2) is 66.9 Å². The fourth-order valence-corrected chi connectivity index (χ4v) is 2.58. The van der Waals surface area contributed by atoms with Crippen LogP contribution in [0.3, 0.4) is 0 Å². The van der Waals surface area contributed by atoms with Gasteiger partial charge in [0.1, 0.15) is 11.4 Å². The van der Waals surface area contributed by atoms with Crippen molar-refractivity contribution in [2.45, 2.75) is 12.8 Å². The van der Waals surface area contributed by atoms with E-state index in [2.05, 4.69) is 32.7 Å². The molecule has 0 aliphatic carbocycles. The average Bonchev–Trinajstić information content (AvgIpc) is 2.72. The summed E-state index contributed by atoms with van der Waals surface area (Å²) in [6, 6.07) is 19.2. The van der Waals surface area contributed by atoms with Gasteiger partial charge in [-0.3, -0.25) is 4.79 Å². The van der Waals surface area contributed by atoms with Crippen LogP contribution in [-0.2, 0) is 6.42 Å². The standard InChI is InChI=1S/C21H22N4O2/c1-27-18-11-9-17(10-12-18)24-21-23-15-13-19(25-21)20(26)22-14-5-8-16-6-3-2-4-7-16/h2-4,6-7,9-13,15H,5,8,14H2,1H3,(H,22,26)(H,23,24,25). The smallest absolute Gasteiger partial charge is 0.270 e. The van der Waals surface area contributed by atoms with Gasteiger partial charge in [-0.15, -0.1) is 0 Å². The van der Waals surface area contributed by atoms with E-state index in [1.54, 1.807) is 19.4 Å². The van der Waals surface area contributed by atoms with Crippen LogP contribution in [0.2, 0.25) is 0 Å². The highest BCUT2D eigenvalue weighted by atomic mass is 16.5. The molecule has 2 N–H and O–H groups in total. The van der Waals surface area contributed by atoms with Crippen molar-refractivity contribution in [2.24, 2.45) is 0 Å². The van der Waals surface area contributed by atoms with Crippen LogP contribution in [0.4, 0.5) is 11.6 Å². The summed E-state index contributed by atoms with van der Waals surface area (Å²) in [4.78, 5) is 20.7. The lowest BCUT2D eigenvalue weighted by Gasteiger charge is -2.08. The van der Waals surface area contributed by atoms with Crippen molar-refractivity contribution in [2.75, 3.05) is 19.0 Å². The third-order valence-corrected chi connectivity index (χ3v) is 4.00. The summed E-state index contributed by atoms with van der Waals surface area (Å²) < 4.78 is 5.13. The van der Waals surface area contributed by atoms with Crippen LogP contribution in [-0.4, -0.2) is 29.5 Å². The number of nitrogens with zero attached hydrogens (tertiary/aromatic N) is 2. The fourth-order valence-electron chi connectivity index (χ4n) is 2.58. The zero-order valence-electron chi connectivity index (χ0n) is 15.2. The highest BCUT2D eigenvalue weighted by molar-refractivity contribution is 5.92. The van der Waals surface area contributed by atoms with Gasteiger partial charge in [0.2, 0.25) is 5.95 Å². The Kier molecular flexibility index (Phi) is 6.35. The Bertz CT molecular complexity index is 867. The molecule has 6 heteroatoms. The molecule has 0 spiro atoms.